The van der Waals surface area contributed by atoms with E-state index < -0.39 is 10.0 Å². The molecular weight excluding hydrogens is 286 g/mol. The fourth-order valence-corrected chi connectivity index (χ4v) is 4.99. The molecule has 0 aromatic carbocycles. The summed E-state index contributed by atoms with van der Waals surface area (Å²) in [6, 6.07) is 2.31. The average molecular weight is 311 g/mol. The second-order valence-corrected chi connectivity index (χ2v) is 8.21. The van der Waals surface area contributed by atoms with Crippen molar-refractivity contribution in [1.82, 2.24) is 8.87 Å². The van der Waals surface area contributed by atoms with Gasteiger partial charge < -0.3 is 10.3 Å². The van der Waals surface area contributed by atoms with Gasteiger partial charge in [-0.1, -0.05) is 12.8 Å². The van der Waals surface area contributed by atoms with Gasteiger partial charge in [-0.05, 0) is 38.7 Å². The molecule has 118 valence electrons. The standard InChI is InChI=1S/C15H25N3O2S/c1-12-5-3-2-4-8-18(12)21(19,20)15-9-14(10-16)17(11-15)13-6-7-13/h9,11-13H,2-8,10,16H2,1H3. The fourth-order valence-electron chi connectivity index (χ4n) is 3.24. The predicted octanol–water partition coefficient (Wildman–Crippen LogP) is 2.23. The van der Waals surface area contributed by atoms with E-state index in [-0.39, 0.29) is 6.04 Å². The van der Waals surface area contributed by atoms with E-state index in [2.05, 4.69) is 4.57 Å². The quantitative estimate of drug-likeness (QED) is 0.927. The molecule has 2 heterocycles. The summed E-state index contributed by atoms with van der Waals surface area (Å²) in [6.07, 6.45) is 8.19. The first-order valence-corrected chi connectivity index (χ1v) is 9.40. The Morgan fingerprint density at radius 1 is 1.24 bits per heavy atom. The van der Waals surface area contributed by atoms with Crippen LogP contribution in [0, 0.1) is 0 Å². The van der Waals surface area contributed by atoms with E-state index in [0.717, 1.165) is 44.2 Å². The van der Waals surface area contributed by atoms with E-state index in [1.807, 2.05) is 6.92 Å². The molecule has 1 saturated carbocycles. The van der Waals surface area contributed by atoms with Gasteiger partial charge in [-0.2, -0.15) is 4.31 Å². The minimum Gasteiger partial charge on any atom is -0.346 e. The van der Waals surface area contributed by atoms with Crippen molar-refractivity contribution in [2.45, 2.75) is 69.0 Å². The number of hydrogen-bond donors (Lipinski definition) is 1. The molecule has 5 nitrogen and oxygen atoms in total. The van der Waals surface area contributed by atoms with E-state index in [4.69, 9.17) is 5.73 Å². The molecular formula is C15H25N3O2S. The second-order valence-electron chi connectivity index (χ2n) is 6.32. The van der Waals surface area contributed by atoms with Crippen molar-refractivity contribution < 1.29 is 8.42 Å². The summed E-state index contributed by atoms with van der Waals surface area (Å²) in [5.41, 5.74) is 6.70. The zero-order valence-corrected chi connectivity index (χ0v) is 13.5. The van der Waals surface area contributed by atoms with Gasteiger partial charge in [0, 0.05) is 37.1 Å². The van der Waals surface area contributed by atoms with Gasteiger partial charge in [-0.3, -0.25) is 0 Å². The van der Waals surface area contributed by atoms with Crippen LogP contribution in [0.15, 0.2) is 17.2 Å². The Morgan fingerprint density at radius 3 is 2.67 bits per heavy atom. The summed E-state index contributed by atoms with van der Waals surface area (Å²) in [5.74, 6) is 0. The Hall–Kier alpha value is -0.850. The summed E-state index contributed by atoms with van der Waals surface area (Å²) in [5, 5.41) is 0. The highest BCUT2D eigenvalue weighted by Gasteiger charge is 2.33. The van der Waals surface area contributed by atoms with Gasteiger partial charge in [0.15, 0.2) is 0 Å². The lowest BCUT2D eigenvalue weighted by Gasteiger charge is -2.25. The number of hydrogen-bond acceptors (Lipinski definition) is 3. The molecule has 0 bridgehead atoms. The Labute approximate surface area is 127 Å². The van der Waals surface area contributed by atoms with E-state index in [0.29, 0.717) is 24.0 Å². The number of nitrogens with zero attached hydrogens (tertiary/aromatic N) is 2. The third-order valence-electron chi connectivity index (χ3n) is 4.65. The summed E-state index contributed by atoms with van der Waals surface area (Å²) in [6.45, 7) is 3.04. The zero-order valence-electron chi connectivity index (χ0n) is 12.7. The summed E-state index contributed by atoms with van der Waals surface area (Å²) in [7, 11) is -3.40. The first-order chi connectivity index (χ1) is 10.0. The fraction of sp³-hybridized carbons (Fsp3) is 0.733. The van der Waals surface area contributed by atoms with Crippen LogP contribution in [0.5, 0.6) is 0 Å². The molecule has 1 aromatic heterocycles. The molecule has 0 radical (unpaired) electrons. The van der Waals surface area contributed by atoms with Crippen molar-refractivity contribution in [3.8, 4) is 0 Å². The van der Waals surface area contributed by atoms with Crippen LogP contribution in [-0.4, -0.2) is 29.9 Å². The molecule has 1 atom stereocenters. The average Bonchev–Trinajstić information content (AvgIpc) is 3.23. The number of rotatable bonds is 4. The summed E-state index contributed by atoms with van der Waals surface area (Å²) in [4.78, 5) is 0.420. The van der Waals surface area contributed by atoms with Crippen LogP contribution in [0.4, 0.5) is 0 Å². The molecule has 3 rings (SSSR count). The van der Waals surface area contributed by atoms with Gasteiger partial charge in [-0.25, -0.2) is 8.42 Å². The highest BCUT2D eigenvalue weighted by Crippen LogP contribution is 2.38. The molecule has 1 saturated heterocycles. The smallest absolute Gasteiger partial charge is 0.244 e. The van der Waals surface area contributed by atoms with Crippen molar-refractivity contribution in [2.24, 2.45) is 5.73 Å². The third kappa shape index (κ3) is 2.89. The largest absolute Gasteiger partial charge is 0.346 e. The molecule has 1 aliphatic heterocycles. The van der Waals surface area contributed by atoms with Crippen molar-refractivity contribution in [3.05, 3.63) is 18.0 Å². The van der Waals surface area contributed by atoms with Gasteiger partial charge in [0.05, 0.1) is 0 Å². The number of nitrogens with two attached hydrogens (primary N) is 1. The third-order valence-corrected chi connectivity index (χ3v) is 6.63. The molecule has 2 fully saturated rings. The van der Waals surface area contributed by atoms with Crippen LogP contribution in [0.25, 0.3) is 0 Å². The van der Waals surface area contributed by atoms with Crippen LogP contribution in [-0.2, 0) is 16.6 Å². The molecule has 0 spiro atoms. The van der Waals surface area contributed by atoms with E-state index in [1.54, 1.807) is 16.6 Å². The van der Waals surface area contributed by atoms with Gasteiger partial charge in [0.2, 0.25) is 10.0 Å². The molecule has 1 aromatic rings. The maximum Gasteiger partial charge on any atom is 0.244 e. The minimum absolute atomic E-state index is 0.0862. The maximum atomic E-state index is 12.9. The van der Waals surface area contributed by atoms with E-state index in [1.165, 1.54) is 0 Å². The normalized spacial score (nSPS) is 25.0. The van der Waals surface area contributed by atoms with Gasteiger partial charge in [0.25, 0.3) is 0 Å². The van der Waals surface area contributed by atoms with Crippen LogP contribution in [0.1, 0.15) is 57.2 Å². The SMILES string of the molecule is CC1CCCCCN1S(=O)(=O)c1cc(CN)n(C2CC2)c1. The van der Waals surface area contributed by atoms with Crippen molar-refractivity contribution in [2.75, 3.05) is 6.54 Å². The van der Waals surface area contributed by atoms with E-state index >= 15 is 0 Å². The van der Waals surface area contributed by atoms with Gasteiger partial charge in [0.1, 0.15) is 4.90 Å². The second kappa shape index (κ2) is 5.74. The number of aromatic nitrogens is 1. The van der Waals surface area contributed by atoms with Crippen molar-refractivity contribution in [1.29, 1.82) is 0 Å². The Bertz CT molecular complexity index is 604. The molecule has 1 aliphatic carbocycles. The highest BCUT2D eigenvalue weighted by molar-refractivity contribution is 7.89. The molecule has 2 N–H and O–H groups in total. The van der Waals surface area contributed by atoms with E-state index in [9.17, 15) is 8.42 Å². The first kappa shape index (κ1) is 15.1. The molecule has 21 heavy (non-hydrogen) atoms. The molecule has 6 heteroatoms. The maximum absolute atomic E-state index is 12.9. The molecule has 1 unspecified atom stereocenters. The summed E-state index contributed by atoms with van der Waals surface area (Å²) < 4.78 is 29.6. The Kier molecular flexibility index (Phi) is 4.12. The lowest BCUT2D eigenvalue weighted by Crippen LogP contribution is -2.38. The summed E-state index contributed by atoms with van der Waals surface area (Å²) >= 11 is 0. The van der Waals surface area contributed by atoms with Gasteiger partial charge in [-0.15, -0.1) is 0 Å². The highest BCUT2D eigenvalue weighted by atomic mass is 32.2. The van der Waals surface area contributed by atoms with Crippen LogP contribution >= 0.6 is 0 Å². The van der Waals surface area contributed by atoms with Gasteiger partial charge >= 0.3 is 0 Å². The zero-order chi connectivity index (χ0) is 15.0. The Balaban J connectivity index is 1.93. The predicted molar refractivity (Wildman–Crippen MR) is 82.4 cm³/mol. The lowest BCUT2D eigenvalue weighted by atomic mass is 10.1. The lowest BCUT2D eigenvalue weighted by molar-refractivity contribution is 0.342. The first-order valence-electron chi connectivity index (χ1n) is 7.96. The number of sulfonamides is 1. The minimum atomic E-state index is -3.40. The van der Waals surface area contributed by atoms with Crippen LogP contribution in [0.3, 0.4) is 0 Å². The van der Waals surface area contributed by atoms with Crippen LogP contribution < -0.4 is 5.73 Å². The molecule has 0 amide bonds. The topological polar surface area (TPSA) is 68.3 Å². The Morgan fingerprint density at radius 2 is 2.00 bits per heavy atom. The van der Waals surface area contributed by atoms with Crippen molar-refractivity contribution >= 4 is 10.0 Å². The van der Waals surface area contributed by atoms with Crippen LogP contribution in [0.2, 0.25) is 0 Å². The van der Waals surface area contributed by atoms with Crippen molar-refractivity contribution in [3.63, 3.8) is 0 Å². The monoisotopic (exact) mass is 311 g/mol. The molecule has 2 aliphatic rings.